The molecule has 1 fully saturated rings. The average molecular weight is 443 g/mol. The molecule has 1 aliphatic rings. The molecule has 0 saturated heterocycles. The molecule has 1 atom stereocenters. The summed E-state index contributed by atoms with van der Waals surface area (Å²) < 4.78 is 1.33. The maximum Gasteiger partial charge on any atom is 0.330 e. The van der Waals surface area contributed by atoms with E-state index in [1.54, 1.807) is 6.20 Å². The Kier molecular flexibility index (Phi) is 7.84. The van der Waals surface area contributed by atoms with E-state index in [1.165, 1.54) is 9.47 Å². The van der Waals surface area contributed by atoms with Crippen molar-refractivity contribution in [2.45, 2.75) is 71.5 Å². The van der Waals surface area contributed by atoms with Crippen molar-refractivity contribution in [2.75, 3.05) is 23.7 Å². The van der Waals surface area contributed by atoms with Gasteiger partial charge in [0.15, 0.2) is 5.69 Å². The molecule has 0 spiro atoms. The highest BCUT2D eigenvalue weighted by atomic mass is 16.2. The van der Waals surface area contributed by atoms with Crippen LogP contribution in [-0.4, -0.2) is 44.5 Å². The molecule has 0 aliphatic heterocycles. The molecule has 2 aromatic rings. The Bertz CT molecular complexity index is 1030. The monoisotopic (exact) mass is 442 g/mol. The van der Waals surface area contributed by atoms with E-state index in [0.717, 1.165) is 31.4 Å². The van der Waals surface area contributed by atoms with E-state index in [1.807, 2.05) is 39.0 Å². The highest BCUT2D eigenvalue weighted by Crippen LogP contribution is 2.34. The lowest BCUT2D eigenvalue weighted by Crippen LogP contribution is -2.46. The Hall–Kier alpha value is -2.94. The lowest BCUT2D eigenvalue weighted by Gasteiger charge is -2.31. The van der Waals surface area contributed by atoms with E-state index < -0.39 is 11.2 Å². The number of aromatic amines is 1. The van der Waals surface area contributed by atoms with Crippen LogP contribution in [0, 0.1) is 0 Å². The van der Waals surface area contributed by atoms with Gasteiger partial charge in [-0.3, -0.25) is 29.0 Å². The second-order valence-electron chi connectivity index (χ2n) is 8.38. The van der Waals surface area contributed by atoms with Crippen molar-refractivity contribution in [1.82, 2.24) is 19.4 Å². The van der Waals surface area contributed by atoms with E-state index in [4.69, 9.17) is 5.73 Å². The second-order valence-corrected chi connectivity index (χ2v) is 8.38. The van der Waals surface area contributed by atoms with E-state index in [9.17, 15) is 14.4 Å². The summed E-state index contributed by atoms with van der Waals surface area (Å²) in [5.74, 6) is -0.159. The summed E-state index contributed by atoms with van der Waals surface area (Å²) in [5.41, 5.74) is 6.06. The number of nitrogens with zero attached hydrogens (tertiary/aromatic N) is 4. The van der Waals surface area contributed by atoms with Crippen LogP contribution in [-0.2, 0) is 11.3 Å². The van der Waals surface area contributed by atoms with Gasteiger partial charge < -0.3 is 10.6 Å². The lowest BCUT2D eigenvalue weighted by molar-refractivity contribution is -0.120. The SMILES string of the molecule is CCCCN(C(=O)CN(C1CC1)[C@H](C)c1ccccn1)c1c(N)n(CCC)c(=O)[nH]c1=O. The second kappa shape index (κ2) is 10.6. The standard InChI is InChI=1S/C23H34N6O3/c1-4-6-14-27(20-21(24)28(13-5-2)23(32)26-22(20)31)19(30)15-29(17-10-11-17)16(3)18-9-7-8-12-25-18/h7-9,12,16-17H,4-6,10-11,13-15,24H2,1-3H3,(H,26,31,32)/t16-/m1/s1. The predicted octanol–water partition coefficient (Wildman–Crippen LogP) is 2.28. The number of rotatable bonds is 11. The minimum absolute atomic E-state index is 0.0367. The van der Waals surface area contributed by atoms with Gasteiger partial charge in [0.2, 0.25) is 5.91 Å². The van der Waals surface area contributed by atoms with Crippen LogP contribution in [0.4, 0.5) is 11.5 Å². The van der Waals surface area contributed by atoms with Crippen LogP contribution in [0.15, 0.2) is 34.0 Å². The molecule has 3 rings (SSSR count). The average Bonchev–Trinajstić information content (AvgIpc) is 3.62. The molecule has 1 saturated carbocycles. The number of aromatic nitrogens is 3. The predicted molar refractivity (Wildman–Crippen MR) is 126 cm³/mol. The molecule has 32 heavy (non-hydrogen) atoms. The van der Waals surface area contributed by atoms with Gasteiger partial charge >= 0.3 is 5.69 Å². The van der Waals surface area contributed by atoms with Crippen LogP contribution in [0.5, 0.6) is 0 Å². The summed E-state index contributed by atoms with van der Waals surface area (Å²) in [6.07, 6.45) is 6.07. The van der Waals surface area contributed by atoms with Crippen LogP contribution in [0.1, 0.15) is 64.6 Å². The van der Waals surface area contributed by atoms with Gasteiger partial charge in [-0.1, -0.05) is 26.3 Å². The minimum Gasteiger partial charge on any atom is -0.383 e. The first-order valence-corrected chi connectivity index (χ1v) is 11.5. The zero-order valence-electron chi connectivity index (χ0n) is 19.2. The largest absolute Gasteiger partial charge is 0.383 e. The molecule has 1 amide bonds. The first-order valence-electron chi connectivity index (χ1n) is 11.5. The van der Waals surface area contributed by atoms with Gasteiger partial charge in [-0.15, -0.1) is 0 Å². The van der Waals surface area contributed by atoms with Crippen molar-refractivity contribution in [3.05, 3.63) is 50.9 Å². The zero-order valence-corrected chi connectivity index (χ0v) is 19.2. The van der Waals surface area contributed by atoms with Crippen molar-refractivity contribution >= 4 is 17.4 Å². The third kappa shape index (κ3) is 5.27. The molecular formula is C23H34N6O3. The molecule has 9 nitrogen and oxygen atoms in total. The summed E-state index contributed by atoms with van der Waals surface area (Å²) in [6, 6.07) is 6.05. The number of carbonyl (C=O) groups is 1. The van der Waals surface area contributed by atoms with Crippen LogP contribution in [0.2, 0.25) is 0 Å². The van der Waals surface area contributed by atoms with E-state index in [0.29, 0.717) is 25.6 Å². The molecule has 1 aliphatic carbocycles. The number of H-pyrrole nitrogens is 1. The third-order valence-corrected chi connectivity index (χ3v) is 5.91. The summed E-state index contributed by atoms with van der Waals surface area (Å²) in [5, 5.41) is 0. The Morgan fingerprint density at radius 3 is 2.62 bits per heavy atom. The van der Waals surface area contributed by atoms with Crippen molar-refractivity contribution in [3.63, 3.8) is 0 Å². The number of amides is 1. The number of unbranched alkanes of at least 4 members (excludes halogenated alkanes) is 1. The third-order valence-electron chi connectivity index (χ3n) is 5.91. The van der Waals surface area contributed by atoms with Gasteiger partial charge in [0, 0.05) is 25.3 Å². The fourth-order valence-electron chi connectivity index (χ4n) is 3.98. The Labute approximate surface area is 188 Å². The van der Waals surface area contributed by atoms with Gasteiger partial charge in [0.1, 0.15) is 5.82 Å². The lowest BCUT2D eigenvalue weighted by atomic mass is 10.1. The van der Waals surface area contributed by atoms with Crippen molar-refractivity contribution < 1.29 is 4.79 Å². The van der Waals surface area contributed by atoms with Crippen LogP contribution < -0.4 is 21.9 Å². The van der Waals surface area contributed by atoms with E-state index >= 15 is 0 Å². The molecule has 3 N–H and O–H groups in total. The first kappa shape index (κ1) is 23.7. The number of pyridine rings is 1. The molecular weight excluding hydrogens is 408 g/mol. The highest BCUT2D eigenvalue weighted by molar-refractivity contribution is 5.96. The molecule has 0 bridgehead atoms. The number of carbonyl (C=O) groups excluding carboxylic acids is 1. The van der Waals surface area contributed by atoms with Gasteiger partial charge in [-0.2, -0.15) is 0 Å². The maximum atomic E-state index is 13.6. The van der Waals surface area contributed by atoms with Gasteiger partial charge in [0.05, 0.1) is 18.3 Å². The number of nitrogens with one attached hydrogen (secondary N) is 1. The molecule has 9 heteroatoms. The molecule has 2 aromatic heterocycles. The fraction of sp³-hybridized carbons (Fsp3) is 0.565. The fourth-order valence-corrected chi connectivity index (χ4v) is 3.98. The van der Waals surface area contributed by atoms with Crippen LogP contribution in [0.3, 0.4) is 0 Å². The van der Waals surface area contributed by atoms with Gasteiger partial charge in [-0.25, -0.2) is 4.79 Å². The maximum absolute atomic E-state index is 13.6. The van der Waals surface area contributed by atoms with Crippen molar-refractivity contribution in [2.24, 2.45) is 0 Å². The quantitative estimate of drug-likeness (QED) is 0.551. The van der Waals surface area contributed by atoms with Crippen LogP contribution in [0.25, 0.3) is 0 Å². The topological polar surface area (TPSA) is 117 Å². The van der Waals surface area contributed by atoms with Crippen LogP contribution >= 0.6 is 0 Å². The summed E-state index contributed by atoms with van der Waals surface area (Å²) in [7, 11) is 0. The van der Waals surface area contributed by atoms with E-state index in [2.05, 4.69) is 14.9 Å². The highest BCUT2D eigenvalue weighted by Gasteiger charge is 2.36. The van der Waals surface area contributed by atoms with E-state index in [-0.39, 0.29) is 30.0 Å². The summed E-state index contributed by atoms with van der Waals surface area (Å²) >= 11 is 0. The first-order chi connectivity index (χ1) is 15.4. The number of hydrogen-bond acceptors (Lipinski definition) is 6. The Morgan fingerprint density at radius 1 is 1.28 bits per heavy atom. The normalized spacial score (nSPS) is 14.5. The molecule has 174 valence electrons. The molecule has 0 aromatic carbocycles. The number of nitrogens with two attached hydrogens (primary N) is 1. The van der Waals surface area contributed by atoms with Crippen molar-refractivity contribution in [1.29, 1.82) is 0 Å². The minimum atomic E-state index is -0.625. The summed E-state index contributed by atoms with van der Waals surface area (Å²) in [4.78, 5) is 48.9. The van der Waals surface area contributed by atoms with Crippen molar-refractivity contribution in [3.8, 4) is 0 Å². The molecule has 2 heterocycles. The number of anilines is 2. The summed E-state index contributed by atoms with van der Waals surface area (Å²) in [6.45, 7) is 6.88. The molecule has 0 radical (unpaired) electrons. The number of nitrogen functional groups attached to an aromatic ring is 1. The Morgan fingerprint density at radius 2 is 2.03 bits per heavy atom. The zero-order chi connectivity index (χ0) is 23.3. The number of hydrogen-bond donors (Lipinski definition) is 2. The molecule has 0 unspecified atom stereocenters. The van der Waals surface area contributed by atoms with Gasteiger partial charge in [-0.05, 0) is 44.7 Å². The Balaban J connectivity index is 1.94. The van der Waals surface area contributed by atoms with Gasteiger partial charge in [0.25, 0.3) is 5.56 Å². The smallest absolute Gasteiger partial charge is 0.330 e.